The molecule has 0 spiro atoms. The number of aromatic nitrogens is 2. The summed E-state index contributed by atoms with van der Waals surface area (Å²) in [6.07, 6.45) is 0. The van der Waals surface area contributed by atoms with Gasteiger partial charge in [-0.1, -0.05) is 16.9 Å². The molecule has 0 unspecified atom stereocenters. The molecule has 2 aromatic rings. The third kappa shape index (κ3) is 2.79. The Bertz CT molecular complexity index is 655. The fraction of sp³-hybridized carbons (Fsp3) is 0.357. The van der Waals surface area contributed by atoms with Crippen molar-refractivity contribution in [2.45, 2.75) is 38.5 Å². The van der Waals surface area contributed by atoms with E-state index in [4.69, 9.17) is 4.52 Å². The van der Waals surface area contributed by atoms with Crippen molar-refractivity contribution in [1.29, 1.82) is 5.26 Å². The number of rotatable bonds is 3. The zero-order chi connectivity index (χ0) is 14.0. The fourth-order valence-electron chi connectivity index (χ4n) is 1.78. The zero-order valence-electron chi connectivity index (χ0n) is 11.4. The van der Waals surface area contributed by atoms with Crippen LogP contribution in [0, 0.1) is 39.0 Å². The molecule has 0 bridgehead atoms. The molecule has 2 heterocycles. The van der Waals surface area contributed by atoms with Gasteiger partial charge in [-0.05, 0) is 38.8 Å². The van der Waals surface area contributed by atoms with Gasteiger partial charge in [-0.15, -0.1) is 0 Å². The molecule has 0 atom stereocenters. The van der Waals surface area contributed by atoms with Crippen molar-refractivity contribution in [3.63, 3.8) is 0 Å². The van der Waals surface area contributed by atoms with Gasteiger partial charge in [0.25, 0.3) is 0 Å². The Balaban J connectivity index is 2.28. The predicted molar refractivity (Wildman–Crippen MR) is 74.0 cm³/mol. The molecule has 0 aliphatic rings. The largest absolute Gasteiger partial charge is 0.361 e. The van der Waals surface area contributed by atoms with Crippen LogP contribution in [0.3, 0.4) is 0 Å². The van der Waals surface area contributed by atoms with Gasteiger partial charge >= 0.3 is 0 Å². The molecule has 2 aromatic heterocycles. The second-order valence-electron chi connectivity index (χ2n) is 4.46. The Labute approximate surface area is 116 Å². The van der Waals surface area contributed by atoms with Crippen LogP contribution >= 0.6 is 11.8 Å². The molecular formula is C14H15N3OS. The summed E-state index contributed by atoms with van der Waals surface area (Å²) in [7, 11) is 0. The second-order valence-corrected chi connectivity index (χ2v) is 5.42. The monoisotopic (exact) mass is 273 g/mol. The van der Waals surface area contributed by atoms with Gasteiger partial charge in [0.2, 0.25) is 0 Å². The van der Waals surface area contributed by atoms with Gasteiger partial charge in [0, 0.05) is 17.5 Å². The quantitative estimate of drug-likeness (QED) is 0.801. The van der Waals surface area contributed by atoms with E-state index in [0.717, 1.165) is 33.3 Å². The van der Waals surface area contributed by atoms with Crippen molar-refractivity contribution in [3.05, 3.63) is 39.9 Å². The average molecular weight is 273 g/mol. The van der Waals surface area contributed by atoms with E-state index < -0.39 is 0 Å². The van der Waals surface area contributed by atoms with Crippen molar-refractivity contribution in [1.82, 2.24) is 10.1 Å². The van der Waals surface area contributed by atoms with Gasteiger partial charge < -0.3 is 4.52 Å². The van der Waals surface area contributed by atoms with Gasteiger partial charge in [-0.25, -0.2) is 4.98 Å². The number of hydrogen-bond donors (Lipinski definition) is 0. The molecule has 0 radical (unpaired) electrons. The van der Waals surface area contributed by atoms with Crippen LogP contribution in [0.15, 0.2) is 15.6 Å². The van der Waals surface area contributed by atoms with E-state index in [1.165, 1.54) is 11.8 Å². The summed E-state index contributed by atoms with van der Waals surface area (Å²) in [6, 6.07) is 4.14. The Hall–Kier alpha value is -1.80. The standard InChI is InChI=1S/C14H15N3OS/c1-8-5-12(17-18-8)7-19-14-13(6-15)10(3)9(2)11(4)16-14/h5H,7H2,1-4H3. The summed E-state index contributed by atoms with van der Waals surface area (Å²) in [5.41, 5.74) is 4.58. The predicted octanol–water partition coefficient (Wildman–Crippen LogP) is 3.47. The van der Waals surface area contributed by atoms with Crippen molar-refractivity contribution >= 4 is 11.8 Å². The third-order valence-electron chi connectivity index (χ3n) is 3.11. The first-order valence-electron chi connectivity index (χ1n) is 5.95. The van der Waals surface area contributed by atoms with E-state index in [2.05, 4.69) is 16.2 Å². The molecule has 98 valence electrons. The van der Waals surface area contributed by atoms with Crippen LogP contribution in [-0.2, 0) is 5.75 Å². The van der Waals surface area contributed by atoms with Gasteiger partial charge in [-0.3, -0.25) is 0 Å². The summed E-state index contributed by atoms with van der Waals surface area (Å²) in [4.78, 5) is 4.51. The fourth-order valence-corrected chi connectivity index (χ4v) is 2.74. The number of nitrogens with zero attached hydrogens (tertiary/aromatic N) is 3. The molecule has 0 amide bonds. The molecule has 0 saturated carbocycles. The smallest absolute Gasteiger partial charge is 0.133 e. The van der Waals surface area contributed by atoms with E-state index in [9.17, 15) is 5.26 Å². The Morgan fingerprint density at radius 2 is 2.00 bits per heavy atom. The highest BCUT2D eigenvalue weighted by atomic mass is 32.2. The summed E-state index contributed by atoms with van der Waals surface area (Å²) in [5.74, 6) is 1.45. The Kier molecular flexibility index (Phi) is 3.91. The van der Waals surface area contributed by atoms with E-state index in [0.29, 0.717) is 11.3 Å². The highest BCUT2D eigenvalue weighted by Gasteiger charge is 2.13. The first-order chi connectivity index (χ1) is 9.02. The van der Waals surface area contributed by atoms with Crippen LogP contribution in [0.1, 0.15) is 33.8 Å². The van der Waals surface area contributed by atoms with Crippen molar-refractivity contribution in [2.75, 3.05) is 0 Å². The van der Waals surface area contributed by atoms with Crippen LogP contribution in [0.4, 0.5) is 0 Å². The molecule has 19 heavy (non-hydrogen) atoms. The minimum Gasteiger partial charge on any atom is -0.361 e. The molecule has 4 nitrogen and oxygen atoms in total. The topological polar surface area (TPSA) is 62.7 Å². The SMILES string of the molecule is Cc1cc(CSc2nc(C)c(C)c(C)c2C#N)no1. The number of hydrogen-bond acceptors (Lipinski definition) is 5. The summed E-state index contributed by atoms with van der Waals surface area (Å²) >= 11 is 1.52. The number of nitriles is 1. The van der Waals surface area contributed by atoms with E-state index in [-0.39, 0.29) is 0 Å². The molecule has 0 saturated heterocycles. The second kappa shape index (κ2) is 5.45. The summed E-state index contributed by atoms with van der Waals surface area (Å²) < 4.78 is 5.03. The lowest BCUT2D eigenvalue weighted by Gasteiger charge is -2.10. The van der Waals surface area contributed by atoms with Crippen LogP contribution in [0.2, 0.25) is 0 Å². The van der Waals surface area contributed by atoms with Crippen LogP contribution in [-0.4, -0.2) is 10.1 Å². The molecule has 0 N–H and O–H groups in total. The van der Waals surface area contributed by atoms with Gasteiger partial charge in [0.05, 0.1) is 11.3 Å². The number of pyridine rings is 1. The maximum absolute atomic E-state index is 9.28. The third-order valence-corrected chi connectivity index (χ3v) is 4.12. The lowest BCUT2D eigenvalue weighted by Crippen LogP contribution is -1.99. The summed E-state index contributed by atoms with van der Waals surface area (Å²) in [6.45, 7) is 7.79. The van der Waals surface area contributed by atoms with Crippen molar-refractivity contribution in [3.8, 4) is 6.07 Å². The Morgan fingerprint density at radius 3 is 2.58 bits per heavy atom. The van der Waals surface area contributed by atoms with E-state index in [1.807, 2.05) is 33.8 Å². The van der Waals surface area contributed by atoms with Gasteiger partial charge in [0.15, 0.2) is 0 Å². The lowest BCUT2D eigenvalue weighted by atomic mass is 10.1. The first kappa shape index (κ1) is 13.6. The maximum Gasteiger partial charge on any atom is 0.133 e. The molecule has 0 aliphatic heterocycles. The lowest BCUT2D eigenvalue weighted by molar-refractivity contribution is 0.393. The number of thioether (sulfide) groups is 1. The zero-order valence-corrected chi connectivity index (χ0v) is 12.3. The average Bonchev–Trinajstić information content (AvgIpc) is 2.79. The minimum atomic E-state index is 0.654. The van der Waals surface area contributed by atoms with Crippen LogP contribution in [0.5, 0.6) is 0 Å². The molecule has 0 fully saturated rings. The van der Waals surface area contributed by atoms with Crippen molar-refractivity contribution < 1.29 is 4.52 Å². The van der Waals surface area contributed by atoms with E-state index in [1.54, 1.807) is 0 Å². The molecular weight excluding hydrogens is 258 g/mol. The maximum atomic E-state index is 9.28. The highest BCUT2D eigenvalue weighted by Crippen LogP contribution is 2.28. The van der Waals surface area contributed by atoms with Gasteiger partial charge in [0.1, 0.15) is 16.9 Å². The van der Waals surface area contributed by atoms with Crippen LogP contribution in [0.25, 0.3) is 0 Å². The van der Waals surface area contributed by atoms with Gasteiger partial charge in [-0.2, -0.15) is 5.26 Å². The highest BCUT2D eigenvalue weighted by molar-refractivity contribution is 7.98. The first-order valence-corrected chi connectivity index (χ1v) is 6.94. The Morgan fingerprint density at radius 1 is 1.26 bits per heavy atom. The summed E-state index contributed by atoms with van der Waals surface area (Å²) in [5, 5.41) is 14.0. The molecule has 5 heteroatoms. The number of aryl methyl sites for hydroxylation is 2. The van der Waals surface area contributed by atoms with E-state index >= 15 is 0 Å². The molecule has 0 aliphatic carbocycles. The van der Waals surface area contributed by atoms with Crippen molar-refractivity contribution in [2.24, 2.45) is 0 Å². The molecule has 2 rings (SSSR count). The molecule has 0 aromatic carbocycles. The minimum absolute atomic E-state index is 0.654. The normalized spacial score (nSPS) is 10.5. The van der Waals surface area contributed by atoms with Crippen LogP contribution < -0.4 is 0 Å².